The maximum Gasteiger partial charge on any atom is 0.318 e. The van der Waals surface area contributed by atoms with Crippen LogP contribution in [0.25, 0.3) is 10.6 Å². The van der Waals surface area contributed by atoms with Crippen LogP contribution in [-0.4, -0.2) is 46.1 Å². The van der Waals surface area contributed by atoms with Crippen molar-refractivity contribution < 1.29 is 4.79 Å². The number of carbonyl (C=O) groups is 1. The minimum absolute atomic E-state index is 0.0348. The molecule has 1 aliphatic rings. The number of hydrogen-bond acceptors (Lipinski definition) is 5. The standard InChI is InChI=1S/C15H17BrClN5OS/c1-15(2)8-20-14(23)22(15)6-5-18-13-19-7-9(16)12(21-13)10-3-4-11(17)24-10/h3-4,7H,5-6,8H2,1-2H3,(H,20,23)(H,18,19,21). The van der Waals surface area contributed by atoms with Gasteiger partial charge in [0.1, 0.15) is 5.69 Å². The largest absolute Gasteiger partial charge is 0.352 e. The molecule has 6 nitrogen and oxygen atoms in total. The van der Waals surface area contributed by atoms with Crippen LogP contribution in [0.15, 0.2) is 22.8 Å². The van der Waals surface area contributed by atoms with Gasteiger partial charge >= 0.3 is 6.03 Å². The lowest BCUT2D eigenvalue weighted by Crippen LogP contribution is -2.44. The fraction of sp³-hybridized carbons (Fsp3) is 0.400. The van der Waals surface area contributed by atoms with Gasteiger partial charge in [0.25, 0.3) is 0 Å². The molecule has 128 valence electrons. The van der Waals surface area contributed by atoms with Crippen molar-refractivity contribution in [3.63, 3.8) is 0 Å². The normalized spacial score (nSPS) is 16.3. The third-order valence-electron chi connectivity index (χ3n) is 3.82. The molecule has 0 spiro atoms. The highest BCUT2D eigenvalue weighted by Crippen LogP contribution is 2.34. The number of rotatable bonds is 5. The van der Waals surface area contributed by atoms with Crippen LogP contribution in [0.2, 0.25) is 4.34 Å². The molecule has 24 heavy (non-hydrogen) atoms. The van der Waals surface area contributed by atoms with E-state index in [1.54, 1.807) is 6.20 Å². The molecular formula is C15H17BrClN5OS. The highest BCUT2D eigenvalue weighted by Gasteiger charge is 2.36. The van der Waals surface area contributed by atoms with Crippen LogP contribution in [0, 0.1) is 0 Å². The maximum atomic E-state index is 11.9. The van der Waals surface area contributed by atoms with Crippen LogP contribution in [0.3, 0.4) is 0 Å². The van der Waals surface area contributed by atoms with Crippen LogP contribution >= 0.6 is 38.9 Å². The number of thiophene rings is 1. The van der Waals surface area contributed by atoms with Crippen molar-refractivity contribution in [1.82, 2.24) is 20.2 Å². The van der Waals surface area contributed by atoms with E-state index in [0.29, 0.717) is 29.9 Å². The highest BCUT2D eigenvalue weighted by molar-refractivity contribution is 9.10. The van der Waals surface area contributed by atoms with Gasteiger partial charge in [-0.3, -0.25) is 0 Å². The predicted molar refractivity (Wildman–Crippen MR) is 101 cm³/mol. The molecule has 0 atom stereocenters. The molecule has 1 saturated heterocycles. The van der Waals surface area contributed by atoms with E-state index in [1.165, 1.54) is 11.3 Å². The summed E-state index contributed by atoms with van der Waals surface area (Å²) in [4.78, 5) is 23.5. The summed E-state index contributed by atoms with van der Waals surface area (Å²) in [5.41, 5.74) is 0.613. The van der Waals surface area contributed by atoms with Gasteiger partial charge in [-0.1, -0.05) is 11.6 Å². The third kappa shape index (κ3) is 3.65. The van der Waals surface area contributed by atoms with Crippen molar-refractivity contribution in [2.75, 3.05) is 25.0 Å². The van der Waals surface area contributed by atoms with Crippen LogP contribution in [0.5, 0.6) is 0 Å². The first kappa shape index (κ1) is 17.4. The average molecular weight is 431 g/mol. The molecule has 0 radical (unpaired) electrons. The van der Waals surface area contributed by atoms with Gasteiger partial charge in [0.2, 0.25) is 5.95 Å². The molecule has 2 aromatic heterocycles. The first-order valence-electron chi connectivity index (χ1n) is 7.44. The number of urea groups is 1. The number of hydrogen-bond donors (Lipinski definition) is 2. The molecule has 3 heterocycles. The number of nitrogens with zero attached hydrogens (tertiary/aromatic N) is 3. The van der Waals surface area contributed by atoms with Gasteiger partial charge in [0, 0.05) is 25.8 Å². The number of nitrogens with one attached hydrogen (secondary N) is 2. The SMILES string of the molecule is CC1(C)CNC(=O)N1CCNc1ncc(Br)c(-c2ccc(Cl)s2)n1. The van der Waals surface area contributed by atoms with E-state index < -0.39 is 0 Å². The van der Waals surface area contributed by atoms with E-state index in [4.69, 9.17) is 11.6 Å². The van der Waals surface area contributed by atoms with E-state index in [9.17, 15) is 4.79 Å². The fourth-order valence-electron chi connectivity index (χ4n) is 2.51. The van der Waals surface area contributed by atoms with Gasteiger partial charge in [-0.2, -0.15) is 0 Å². The number of carbonyl (C=O) groups excluding carboxylic acids is 1. The number of halogens is 2. The minimum Gasteiger partial charge on any atom is -0.352 e. The van der Waals surface area contributed by atoms with Crippen molar-refractivity contribution in [3.05, 3.63) is 27.1 Å². The lowest BCUT2D eigenvalue weighted by molar-refractivity contribution is 0.180. The molecule has 2 amide bonds. The summed E-state index contributed by atoms with van der Waals surface area (Å²) < 4.78 is 1.53. The first-order chi connectivity index (χ1) is 11.4. The van der Waals surface area contributed by atoms with E-state index in [2.05, 4.69) is 36.5 Å². The first-order valence-corrected chi connectivity index (χ1v) is 9.43. The Hall–Kier alpha value is -1.38. The van der Waals surface area contributed by atoms with Crippen molar-refractivity contribution in [1.29, 1.82) is 0 Å². The van der Waals surface area contributed by atoms with Crippen LogP contribution in [0.4, 0.5) is 10.7 Å². The van der Waals surface area contributed by atoms with Crippen molar-refractivity contribution in [3.8, 4) is 10.6 Å². The highest BCUT2D eigenvalue weighted by atomic mass is 79.9. The Balaban J connectivity index is 1.67. The van der Waals surface area contributed by atoms with Gasteiger partial charge in [-0.05, 0) is 41.9 Å². The summed E-state index contributed by atoms with van der Waals surface area (Å²) >= 11 is 10.9. The molecular weight excluding hydrogens is 414 g/mol. The zero-order chi connectivity index (χ0) is 17.3. The summed E-state index contributed by atoms with van der Waals surface area (Å²) in [6.07, 6.45) is 1.71. The summed E-state index contributed by atoms with van der Waals surface area (Å²) in [6, 6.07) is 3.74. The quantitative estimate of drug-likeness (QED) is 0.756. The van der Waals surface area contributed by atoms with Gasteiger partial charge in [-0.25, -0.2) is 14.8 Å². The molecule has 2 N–H and O–H groups in total. The zero-order valence-corrected chi connectivity index (χ0v) is 16.4. The second kappa shape index (κ2) is 6.85. The molecule has 0 saturated carbocycles. The molecule has 1 fully saturated rings. The molecule has 9 heteroatoms. The monoisotopic (exact) mass is 429 g/mol. The predicted octanol–water partition coefficient (Wildman–Crippen LogP) is 3.84. The van der Waals surface area contributed by atoms with Crippen molar-refractivity contribution >= 4 is 50.8 Å². The van der Waals surface area contributed by atoms with Crippen molar-refractivity contribution in [2.45, 2.75) is 19.4 Å². The number of amides is 2. The zero-order valence-electron chi connectivity index (χ0n) is 13.3. The molecule has 2 aromatic rings. The molecule has 0 aromatic carbocycles. The van der Waals surface area contributed by atoms with Gasteiger partial charge in [-0.15, -0.1) is 11.3 Å². The fourth-order valence-corrected chi connectivity index (χ4v) is 4.09. The Morgan fingerprint density at radius 3 is 2.92 bits per heavy atom. The van der Waals surface area contributed by atoms with Crippen LogP contribution in [-0.2, 0) is 0 Å². The maximum absolute atomic E-state index is 11.9. The van der Waals surface area contributed by atoms with E-state index in [0.717, 1.165) is 15.0 Å². The Bertz CT molecular complexity index is 766. The molecule has 0 bridgehead atoms. The molecule has 0 unspecified atom stereocenters. The average Bonchev–Trinajstić information content (AvgIpc) is 3.06. The second-order valence-electron chi connectivity index (χ2n) is 6.04. The molecule has 0 aliphatic carbocycles. The Morgan fingerprint density at radius 1 is 1.50 bits per heavy atom. The van der Waals surface area contributed by atoms with E-state index >= 15 is 0 Å². The van der Waals surface area contributed by atoms with Crippen LogP contribution < -0.4 is 10.6 Å². The Kier molecular flexibility index (Phi) is 4.98. The molecule has 3 rings (SSSR count). The third-order valence-corrected chi connectivity index (χ3v) is 5.64. The Morgan fingerprint density at radius 2 is 2.29 bits per heavy atom. The van der Waals surface area contributed by atoms with Crippen molar-refractivity contribution in [2.24, 2.45) is 0 Å². The van der Waals surface area contributed by atoms with Gasteiger partial charge in [0.15, 0.2) is 0 Å². The molecule has 1 aliphatic heterocycles. The topological polar surface area (TPSA) is 70.2 Å². The van der Waals surface area contributed by atoms with E-state index in [1.807, 2.05) is 30.9 Å². The Labute approximate surface area is 157 Å². The second-order valence-corrected chi connectivity index (χ2v) is 8.61. The summed E-state index contributed by atoms with van der Waals surface area (Å²) in [5, 5.41) is 6.04. The summed E-state index contributed by atoms with van der Waals surface area (Å²) in [5.74, 6) is 0.523. The number of aromatic nitrogens is 2. The van der Waals surface area contributed by atoms with E-state index in [-0.39, 0.29) is 11.6 Å². The smallest absolute Gasteiger partial charge is 0.318 e. The lowest BCUT2D eigenvalue weighted by atomic mass is 10.1. The lowest BCUT2D eigenvalue weighted by Gasteiger charge is -2.29. The number of anilines is 1. The summed E-state index contributed by atoms with van der Waals surface area (Å²) in [6.45, 7) is 5.89. The van der Waals surface area contributed by atoms with Gasteiger partial charge in [0.05, 0.1) is 19.2 Å². The van der Waals surface area contributed by atoms with Gasteiger partial charge < -0.3 is 15.5 Å². The minimum atomic E-state index is -0.182. The summed E-state index contributed by atoms with van der Waals surface area (Å²) in [7, 11) is 0. The van der Waals surface area contributed by atoms with Crippen LogP contribution in [0.1, 0.15) is 13.8 Å².